The summed E-state index contributed by atoms with van der Waals surface area (Å²) in [7, 11) is 0. The highest BCUT2D eigenvalue weighted by atomic mass is 32.1. The second kappa shape index (κ2) is 9.61. The maximum absolute atomic E-state index is 5.42. The number of aryl methyl sites for hydroxylation is 1. The van der Waals surface area contributed by atoms with E-state index in [1.807, 2.05) is 6.92 Å². The molecule has 0 radical (unpaired) electrons. The molecular weight excluding hydrogens is 360 g/mol. The van der Waals surface area contributed by atoms with E-state index in [0.717, 1.165) is 64.0 Å². The number of morpholine rings is 1. The molecule has 8 heteroatoms. The van der Waals surface area contributed by atoms with Crippen LogP contribution in [0.2, 0.25) is 0 Å². The van der Waals surface area contributed by atoms with Gasteiger partial charge in [0.2, 0.25) is 5.95 Å². The number of ether oxygens (including phenoxy) is 1. The molecule has 2 aliphatic heterocycles. The molecule has 0 amide bonds. The summed E-state index contributed by atoms with van der Waals surface area (Å²) in [5, 5.41) is 6.98. The van der Waals surface area contributed by atoms with Crippen molar-refractivity contribution in [1.29, 1.82) is 0 Å². The number of nitrogens with zero attached hydrogens (tertiary/aromatic N) is 4. The van der Waals surface area contributed by atoms with Crippen molar-refractivity contribution < 1.29 is 4.74 Å². The Bertz CT molecular complexity index is 627. The Kier molecular flexibility index (Phi) is 7.20. The van der Waals surface area contributed by atoms with Crippen LogP contribution >= 0.6 is 12.2 Å². The van der Waals surface area contributed by atoms with Crippen molar-refractivity contribution >= 4 is 29.1 Å². The first-order valence-electron chi connectivity index (χ1n) is 9.95. The Morgan fingerprint density at radius 3 is 2.63 bits per heavy atom. The standard InChI is InChI=1S/C19H32N6OS/c1-14-10-15(2)13-25(12-14)17-11-16(3)21-18(22-17)23-19(27)20-4-5-24-6-8-26-9-7-24/h11,14-15H,4-10,12-13H2,1-3H3,(H2,20,21,22,23,27)/t14-,15+. The molecule has 0 aromatic carbocycles. The maximum Gasteiger partial charge on any atom is 0.231 e. The van der Waals surface area contributed by atoms with E-state index in [2.05, 4.69) is 45.3 Å². The third-order valence-corrected chi connectivity index (χ3v) is 5.32. The van der Waals surface area contributed by atoms with Crippen molar-refractivity contribution in [2.45, 2.75) is 27.2 Å². The highest BCUT2D eigenvalue weighted by molar-refractivity contribution is 7.80. The molecule has 1 aromatic heterocycles. The molecule has 150 valence electrons. The largest absolute Gasteiger partial charge is 0.379 e. The Balaban J connectivity index is 1.53. The minimum Gasteiger partial charge on any atom is -0.379 e. The third-order valence-electron chi connectivity index (χ3n) is 5.08. The van der Waals surface area contributed by atoms with Gasteiger partial charge in [0, 0.05) is 51.0 Å². The molecule has 0 spiro atoms. The van der Waals surface area contributed by atoms with Gasteiger partial charge in [-0.15, -0.1) is 0 Å². The van der Waals surface area contributed by atoms with E-state index < -0.39 is 0 Å². The first-order valence-corrected chi connectivity index (χ1v) is 10.4. The van der Waals surface area contributed by atoms with E-state index >= 15 is 0 Å². The van der Waals surface area contributed by atoms with Crippen molar-refractivity contribution in [1.82, 2.24) is 20.2 Å². The predicted octanol–water partition coefficient (Wildman–Crippen LogP) is 1.89. The molecule has 3 heterocycles. The quantitative estimate of drug-likeness (QED) is 0.737. The number of hydrogen-bond acceptors (Lipinski definition) is 6. The monoisotopic (exact) mass is 392 g/mol. The number of thiocarbonyl (C=S) groups is 1. The van der Waals surface area contributed by atoms with E-state index in [-0.39, 0.29) is 0 Å². The number of rotatable bonds is 5. The second-order valence-corrected chi connectivity index (χ2v) is 8.29. The fourth-order valence-electron chi connectivity index (χ4n) is 3.92. The van der Waals surface area contributed by atoms with Crippen molar-refractivity contribution in [2.75, 3.05) is 62.7 Å². The topological polar surface area (TPSA) is 65.6 Å². The molecule has 0 aliphatic carbocycles. The molecule has 2 saturated heterocycles. The van der Waals surface area contributed by atoms with E-state index in [9.17, 15) is 0 Å². The zero-order valence-electron chi connectivity index (χ0n) is 16.7. The van der Waals surface area contributed by atoms with Gasteiger partial charge in [0.15, 0.2) is 5.11 Å². The van der Waals surface area contributed by atoms with Crippen LogP contribution in [0.1, 0.15) is 26.0 Å². The minimum atomic E-state index is 0.569. The molecule has 0 saturated carbocycles. The summed E-state index contributed by atoms with van der Waals surface area (Å²) in [5.41, 5.74) is 0.949. The van der Waals surface area contributed by atoms with E-state index in [4.69, 9.17) is 21.9 Å². The molecule has 7 nitrogen and oxygen atoms in total. The van der Waals surface area contributed by atoms with E-state index in [1.54, 1.807) is 0 Å². The zero-order chi connectivity index (χ0) is 19.2. The fourth-order valence-corrected chi connectivity index (χ4v) is 4.11. The van der Waals surface area contributed by atoms with Gasteiger partial charge in [-0.25, -0.2) is 4.98 Å². The minimum absolute atomic E-state index is 0.569. The summed E-state index contributed by atoms with van der Waals surface area (Å²) in [6.45, 7) is 14.1. The molecular formula is C19H32N6OS. The maximum atomic E-state index is 5.42. The predicted molar refractivity (Wildman–Crippen MR) is 113 cm³/mol. The third kappa shape index (κ3) is 6.26. The first-order chi connectivity index (χ1) is 13.0. The van der Waals surface area contributed by atoms with Crippen molar-refractivity contribution in [3.63, 3.8) is 0 Å². The molecule has 2 atom stereocenters. The Morgan fingerprint density at radius 2 is 1.93 bits per heavy atom. The second-order valence-electron chi connectivity index (χ2n) is 7.88. The summed E-state index contributed by atoms with van der Waals surface area (Å²) >= 11 is 5.42. The Labute approximate surface area is 167 Å². The summed E-state index contributed by atoms with van der Waals surface area (Å²) in [6.07, 6.45) is 1.28. The van der Waals surface area contributed by atoms with E-state index in [0.29, 0.717) is 22.9 Å². The number of nitrogens with one attached hydrogen (secondary N) is 2. The van der Waals surface area contributed by atoms with Crippen LogP contribution in [-0.2, 0) is 4.74 Å². The van der Waals surface area contributed by atoms with Gasteiger partial charge in [0.25, 0.3) is 0 Å². The molecule has 2 N–H and O–H groups in total. The molecule has 2 fully saturated rings. The molecule has 1 aromatic rings. The lowest BCUT2D eigenvalue weighted by atomic mass is 9.92. The smallest absolute Gasteiger partial charge is 0.231 e. The highest BCUT2D eigenvalue weighted by Crippen LogP contribution is 2.25. The number of aromatic nitrogens is 2. The summed E-state index contributed by atoms with van der Waals surface area (Å²) in [4.78, 5) is 14.0. The van der Waals surface area contributed by atoms with Gasteiger partial charge in [0.05, 0.1) is 13.2 Å². The van der Waals surface area contributed by atoms with Gasteiger partial charge in [-0.2, -0.15) is 4.98 Å². The lowest BCUT2D eigenvalue weighted by Gasteiger charge is -2.36. The van der Waals surface area contributed by atoms with Crippen LogP contribution in [-0.4, -0.2) is 72.5 Å². The van der Waals surface area contributed by atoms with Gasteiger partial charge in [0.1, 0.15) is 5.82 Å². The Hall–Kier alpha value is -1.51. The summed E-state index contributed by atoms with van der Waals surface area (Å²) in [6, 6.07) is 2.06. The van der Waals surface area contributed by atoms with E-state index in [1.165, 1.54) is 6.42 Å². The van der Waals surface area contributed by atoms with Crippen LogP contribution < -0.4 is 15.5 Å². The van der Waals surface area contributed by atoms with Crippen LogP contribution in [0.3, 0.4) is 0 Å². The summed E-state index contributed by atoms with van der Waals surface area (Å²) < 4.78 is 5.37. The molecule has 27 heavy (non-hydrogen) atoms. The lowest BCUT2D eigenvalue weighted by Crippen LogP contribution is -2.42. The van der Waals surface area contributed by atoms with Crippen LogP contribution in [0.4, 0.5) is 11.8 Å². The first kappa shape index (κ1) is 20.2. The number of anilines is 2. The van der Waals surface area contributed by atoms with Crippen molar-refractivity contribution in [3.05, 3.63) is 11.8 Å². The van der Waals surface area contributed by atoms with Crippen molar-refractivity contribution in [2.24, 2.45) is 11.8 Å². The average molecular weight is 393 g/mol. The van der Waals surface area contributed by atoms with Crippen molar-refractivity contribution in [3.8, 4) is 0 Å². The van der Waals surface area contributed by atoms with Crippen LogP contribution in [0.25, 0.3) is 0 Å². The van der Waals surface area contributed by atoms with Gasteiger partial charge >= 0.3 is 0 Å². The molecule has 3 rings (SSSR count). The van der Waals surface area contributed by atoms with Gasteiger partial charge in [-0.1, -0.05) is 13.8 Å². The lowest BCUT2D eigenvalue weighted by molar-refractivity contribution is 0.0389. The molecule has 0 unspecified atom stereocenters. The molecule has 0 bridgehead atoms. The number of piperidine rings is 1. The normalized spacial score (nSPS) is 23.9. The van der Waals surface area contributed by atoms with Crippen LogP contribution in [0.15, 0.2) is 6.07 Å². The van der Waals surface area contributed by atoms with Gasteiger partial charge in [-0.05, 0) is 37.4 Å². The van der Waals surface area contributed by atoms with Gasteiger partial charge < -0.3 is 20.3 Å². The summed E-state index contributed by atoms with van der Waals surface area (Å²) in [5.74, 6) is 2.92. The van der Waals surface area contributed by atoms with Crippen LogP contribution in [0.5, 0.6) is 0 Å². The Morgan fingerprint density at radius 1 is 1.22 bits per heavy atom. The van der Waals surface area contributed by atoms with Crippen LogP contribution in [0, 0.1) is 18.8 Å². The molecule has 2 aliphatic rings. The average Bonchev–Trinajstić information content (AvgIpc) is 2.61. The fraction of sp³-hybridized carbons (Fsp3) is 0.737. The zero-order valence-corrected chi connectivity index (χ0v) is 17.5. The number of hydrogen-bond donors (Lipinski definition) is 2. The van der Waals surface area contributed by atoms with Gasteiger partial charge in [-0.3, -0.25) is 4.90 Å². The SMILES string of the molecule is Cc1cc(N2C[C@H](C)C[C@H](C)C2)nc(NC(=S)NCCN2CCOCC2)n1. The highest BCUT2D eigenvalue weighted by Gasteiger charge is 2.23.